The molecular formula is C19H23N5. The van der Waals surface area contributed by atoms with Crippen molar-refractivity contribution in [2.45, 2.75) is 18.9 Å². The number of para-hydroxylation sites is 2. The van der Waals surface area contributed by atoms with Gasteiger partial charge in [-0.15, -0.1) is 0 Å². The Morgan fingerprint density at radius 3 is 2.50 bits per heavy atom. The maximum atomic E-state index is 4.83. The summed E-state index contributed by atoms with van der Waals surface area (Å²) < 4.78 is 2.21. The molecule has 1 aromatic carbocycles. The highest BCUT2D eigenvalue weighted by Crippen LogP contribution is 2.26. The molecule has 0 radical (unpaired) electrons. The smallest absolute Gasteiger partial charge is 0.206 e. The van der Waals surface area contributed by atoms with Crippen LogP contribution in [0.2, 0.25) is 0 Å². The maximum Gasteiger partial charge on any atom is 0.206 e. The Kier molecular flexibility index (Phi) is 3.84. The van der Waals surface area contributed by atoms with Crippen molar-refractivity contribution in [1.82, 2.24) is 14.5 Å². The Balaban J connectivity index is 1.48. The molecule has 0 aliphatic carbocycles. The van der Waals surface area contributed by atoms with Crippen LogP contribution in [0, 0.1) is 0 Å². The summed E-state index contributed by atoms with van der Waals surface area (Å²) in [6, 6.07) is 15.0. The summed E-state index contributed by atoms with van der Waals surface area (Å²) in [6.07, 6.45) is 4.10. The van der Waals surface area contributed by atoms with Crippen LogP contribution < -0.4 is 9.80 Å². The van der Waals surface area contributed by atoms with Crippen LogP contribution in [-0.2, 0) is 7.05 Å². The number of pyridine rings is 1. The molecular weight excluding hydrogens is 298 g/mol. The van der Waals surface area contributed by atoms with E-state index in [-0.39, 0.29) is 0 Å². The summed E-state index contributed by atoms with van der Waals surface area (Å²) in [7, 11) is 4.26. The quantitative estimate of drug-likeness (QED) is 0.743. The lowest BCUT2D eigenvalue weighted by molar-refractivity contribution is 0.473. The zero-order valence-corrected chi connectivity index (χ0v) is 14.3. The Morgan fingerprint density at radius 1 is 1.04 bits per heavy atom. The molecule has 0 atom stereocenters. The number of nitrogens with zero attached hydrogens (tertiary/aromatic N) is 5. The Hall–Kier alpha value is -2.56. The third-order valence-electron chi connectivity index (χ3n) is 5.07. The molecule has 2 aromatic heterocycles. The lowest BCUT2D eigenvalue weighted by Gasteiger charge is -2.37. The van der Waals surface area contributed by atoms with Crippen molar-refractivity contribution < 1.29 is 0 Å². The van der Waals surface area contributed by atoms with E-state index in [2.05, 4.69) is 57.7 Å². The predicted molar refractivity (Wildman–Crippen MR) is 98.6 cm³/mol. The molecule has 3 aromatic rings. The van der Waals surface area contributed by atoms with Gasteiger partial charge in [0, 0.05) is 39.4 Å². The molecule has 5 heteroatoms. The lowest BCUT2D eigenvalue weighted by Crippen LogP contribution is -2.44. The van der Waals surface area contributed by atoms with E-state index < -0.39 is 0 Å². The lowest BCUT2D eigenvalue weighted by atomic mass is 10.0. The van der Waals surface area contributed by atoms with E-state index >= 15 is 0 Å². The van der Waals surface area contributed by atoms with Crippen molar-refractivity contribution in [3.63, 3.8) is 0 Å². The molecule has 1 aliphatic rings. The van der Waals surface area contributed by atoms with Gasteiger partial charge in [0.2, 0.25) is 5.95 Å². The topological polar surface area (TPSA) is 37.2 Å². The first-order valence-corrected chi connectivity index (χ1v) is 8.54. The van der Waals surface area contributed by atoms with Gasteiger partial charge in [0.15, 0.2) is 0 Å². The molecule has 124 valence electrons. The summed E-state index contributed by atoms with van der Waals surface area (Å²) in [5.74, 6) is 2.13. The minimum atomic E-state index is 0.533. The van der Waals surface area contributed by atoms with Gasteiger partial charge in [-0.25, -0.2) is 9.97 Å². The molecule has 1 aliphatic heterocycles. The second-order valence-corrected chi connectivity index (χ2v) is 6.48. The maximum absolute atomic E-state index is 4.83. The van der Waals surface area contributed by atoms with Gasteiger partial charge in [-0.1, -0.05) is 18.2 Å². The summed E-state index contributed by atoms with van der Waals surface area (Å²) in [6.45, 7) is 2.05. The van der Waals surface area contributed by atoms with E-state index in [1.54, 1.807) is 0 Å². The standard InChI is InChI=1S/C19H23N5/c1-22(18-9-5-6-12-20-18)15-10-13-24(14-11-15)19-21-16-7-3-4-8-17(16)23(19)2/h3-9,12,15H,10-11,13-14H2,1-2H3. The fourth-order valence-electron chi connectivity index (χ4n) is 3.62. The van der Waals surface area contributed by atoms with Crippen molar-refractivity contribution in [2.75, 3.05) is 29.9 Å². The van der Waals surface area contributed by atoms with Gasteiger partial charge in [0.05, 0.1) is 11.0 Å². The van der Waals surface area contributed by atoms with Crippen molar-refractivity contribution in [3.8, 4) is 0 Å². The largest absolute Gasteiger partial charge is 0.357 e. The van der Waals surface area contributed by atoms with E-state index in [9.17, 15) is 0 Å². The Bertz CT molecular complexity index is 818. The fraction of sp³-hybridized carbons (Fsp3) is 0.368. The van der Waals surface area contributed by atoms with Crippen LogP contribution in [0.15, 0.2) is 48.7 Å². The molecule has 0 saturated carbocycles. The second-order valence-electron chi connectivity index (χ2n) is 6.48. The number of anilines is 2. The molecule has 3 heterocycles. The second kappa shape index (κ2) is 6.15. The van der Waals surface area contributed by atoms with Crippen molar-refractivity contribution in [1.29, 1.82) is 0 Å². The number of rotatable bonds is 3. The molecule has 24 heavy (non-hydrogen) atoms. The van der Waals surface area contributed by atoms with Crippen LogP contribution in [0.25, 0.3) is 11.0 Å². The number of aryl methyl sites for hydroxylation is 1. The average Bonchev–Trinajstić information content (AvgIpc) is 2.99. The highest BCUT2D eigenvalue weighted by Gasteiger charge is 2.25. The predicted octanol–water partition coefficient (Wildman–Crippen LogP) is 3.07. The van der Waals surface area contributed by atoms with E-state index in [0.29, 0.717) is 6.04 Å². The van der Waals surface area contributed by atoms with E-state index in [4.69, 9.17) is 4.98 Å². The van der Waals surface area contributed by atoms with Gasteiger partial charge < -0.3 is 14.4 Å². The van der Waals surface area contributed by atoms with Gasteiger partial charge >= 0.3 is 0 Å². The van der Waals surface area contributed by atoms with Crippen LogP contribution in [0.5, 0.6) is 0 Å². The molecule has 0 bridgehead atoms. The molecule has 0 N–H and O–H groups in total. The van der Waals surface area contributed by atoms with Crippen LogP contribution >= 0.6 is 0 Å². The summed E-state index contributed by atoms with van der Waals surface area (Å²) in [4.78, 5) is 14.0. The average molecular weight is 321 g/mol. The van der Waals surface area contributed by atoms with Crippen molar-refractivity contribution >= 4 is 22.8 Å². The van der Waals surface area contributed by atoms with Crippen LogP contribution in [0.4, 0.5) is 11.8 Å². The van der Waals surface area contributed by atoms with Gasteiger partial charge in [0.25, 0.3) is 0 Å². The van der Waals surface area contributed by atoms with Gasteiger partial charge in [0.1, 0.15) is 5.82 Å². The van der Waals surface area contributed by atoms with Gasteiger partial charge in [-0.3, -0.25) is 0 Å². The number of hydrogen-bond donors (Lipinski definition) is 0. The number of fused-ring (bicyclic) bond motifs is 1. The number of hydrogen-bond acceptors (Lipinski definition) is 4. The molecule has 4 rings (SSSR count). The zero-order chi connectivity index (χ0) is 16.5. The van der Waals surface area contributed by atoms with E-state index in [0.717, 1.165) is 43.2 Å². The number of aromatic nitrogens is 3. The molecule has 0 spiro atoms. The van der Waals surface area contributed by atoms with Crippen LogP contribution in [0.3, 0.4) is 0 Å². The third kappa shape index (κ3) is 2.60. The molecule has 0 amide bonds. The number of piperidine rings is 1. The van der Waals surface area contributed by atoms with Crippen LogP contribution in [0.1, 0.15) is 12.8 Å². The number of imidazole rings is 1. The minimum absolute atomic E-state index is 0.533. The third-order valence-corrected chi connectivity index (χ3v) is 5.07. The van der Waals surface area contributed by atoms with Crippen molar-refractivity contribution in [3.05, 3.63) is 48.7 Å². The SMILES string of the molecule is CN(c1ccccn1)C1CCN(c2nc3ccccc3n2C)CC1. The first-order valence-electron chi connectivity index (χ1n) is 8.54. The first-order chi connectivity index (χ1) is 11.7. The zero-order valence-electron chi connectivity index (χ0n) is 14.3. The normalized spacial score (nSPS) is 15.8. The molecule has 1 fully saturated rings. The summed E-state index contributed by atoms with van der Waals surface area (Å²) in [5.41, 5.74) is 2.27. The summed E-state index contributed by atoms with van der Waals surface area (Å²) in [5, 5.41) is 0. The van der Waals surface area contributed by atoms with E-state index in [1.807, 2.05) is 24.4 Å². The van der Waals surface area contributed by atoms with E-state index in [1.165, 1.54) is 5.52 Å². The van der Waals surface area contributed by atoms with Gasteiger partial charge in [-0.2, -0.15) is 0 Å². The Morgan fingerprint density at radius 2 is 1.79 bits per heavy atom. The molecule has 5 nitrogen and oxygen atoms in total. The monoisotopic (exact) mass is 321 g/mol. The van der Waals surface area contributed by atoms with Crippen molar-refractivity contribution in [2.24, 2.45) is 7.05 Å². The first kappa shape index (κ1) is 15.0. The highest BCUT2D eigenvalue weighted by atomic mass is 15.3. The summed E-state index contributed by atoms with van der Waals surface area (Å²) >= 11 is 0. The molecule has 1 saturated heterocycles. The van der Waals surface area contributed by atoms with Gasteiger partial charge in [-0.05, 0) is 37.1 Å². The number of benzene rings is 1. The van der Waals surface area contributed by atoms with Crippen LogP contribution in [-0.4, -0.2) is 40.7 Å². The minimum Gasteiger partial charge on any atom is -0.357 e. The Labute approximate surface area is 142 Å². The molecule has 0 unspecified atom stereocenters. The fourth-order valence-corrected chi connectivity index (χ4v) is 3.62. The highest BCUT2D eigenvalue weighted by molar-refractivity contribution is 5.78.